The molecule has 0 aliphatic rings. The Labute approximate surface area is 167 Å². The van der Waals surface area contributed by atoms with Gasteiger partial charge in [0.05, 0.1) is 6.10 Å². The first-order valence-electron chi connectivity index (χ1n) is 9.06. The number of aliphatic carboxylic acids is 1. The molecular formula is C18H38CaO3. The fourth-order valence-electron chi connectivity index (χ4n) is 2.67. The van der Waals surface area contributed by atoms with Gasteiger partial charge in [0, 0.05) is 6.42 Å². The Morgan fingerprint density at radius 2 is 1.18 bits per heavy atom. The third kappa shape index (κ3) is 20.7. The van der Waals surface area contributed by atoms with Crippen molar-refractivity contribution in [2.45, 2.75) is 109 Å². The predicted octanol–water partition coefficient (Wildman–Crippen LogP) is 4.39. The Balaban J connectivity index is 0. The molecule has 0 aliphatic carbocycles. The molecule has 2 N–H and O–H groups in total. The molecular weight excluding hydrogens is 304 g/mol. The van der Waals surface area contributed by atoms with Crippen molar-refractivity contribution in [3.05, 3.63) is 0 Å². The van der Waals surface area contributed by atoms with Crippen molar-refractivity contribution >= 4 is 43.7 Å². The Morgan fingerprint density at radius 1 is 0.773 bits per heavy atom. The second kappa shape index (κ2) is 19.7. The second-order valence-corrected chi connectivity index (χ2v) is 6.26. The maximum absolute atomic E-state index is 10.3. The molecule has 0 spiro atoms. The fourth-order valence-corrected chi connectivity index (χ4v) is 2.67. The number of aliphatic hydroxyl groups excluding tert-OH is 1. The van der Waals surface area contributed by atoms with E-state index in [9.17, 15) is 9.90 Å². The minimum absolute atomic E-state index is 0. The standard InChI is InChI=1S/C18H36O3.Ca.2H/c1-2-3-4-11-14-17(19)15-12-9-7-5-6-8-10-13-16-18(20)21;;;/h17,19H,2-16H2,1H3,(H,20,21);;;. The molecule has 0 saturated heterocycles. The van der Waals surface area contributed by atoms with E-state index in [1.54, 1.807) is 0 Å². The molecule has 0 aromatic carbocycles. The van der Waals surface area contributed by atoms with Crippen LogP contribution in [0.1, 0.15) is 103 Å². The summed E-state index contributed by atoms with van der Waals surface area (Å²) in [4.78, 5) is 10.3. The van der Waals surface area contributed by atoms with Crippen LogP contribution in [0.15, 0.2) is 0 Å². The van der Waals surface area contributed by atoms with Crippen molar-refractivity contribution in [3.63, 3.8) is 0 Å². The summed E-state index contributed by atoms with van der Waals surface area (Å²) < 4.78 is 0. The number of unbranched alkanes of at least 4 members (excludes halogenated alkanes) is 10. The van der Waals surface area contributed by atoms with E-state index in [1.165, 1.54) is 51.4 Å². The molecule has 0 radical (unpaired) electrons. The van der Waals surface area contributed by atoms with Gasteiger partial charge in [0.2, 0.25) is 0 Å². The number of carbonyl (C=O) groups is 1. The summed E-state index contributed by atoms with van der Waals surface area (Å²) in [5.41, 5.74) is 0. The van der Waals surface area contributed by atoms with Crippen molar-refractivity contribution < 1.29 is 15.0 Å². The zero-order valence-electron chi connectivity index (χ0n) is 14.0. The van der Waals surface area contributed by atoms with Gasteiger partial charge in [0.15, 0.2) is 0 Å². The van der Waals surface area contributed by atoms with Crippen LogP contribution >= 0.6 is 0 Å². The van der Waals surface area contributed by atoms with Crippen molar-refractivity contribution in [3.8, 4) is 0 Å². The topological polar surface area (TPSA) is 57.5 Å². The van der Waals surface area contributed by atoms with Gasteiger partial charge in [-0.1, -0.05) is 77.6 Å². The van der Waals surface area contributed by atoms with Gasteiger partial charge in [-0.05, 0) is 19.3 Å². The molecule has 0 heterocycles. The quantitative estimate of drug-likeness (QED) is 0.323. The maximum atomic E-state index is 10.3. The van der Waals surface area contributed by atoms with Gasteiger partial charge in [-0.25, -0.2) is 0 Å². The van der Waals surface area contributed by atoms with Crippen molar-refractivity contribution in [2.75, 3.05) is 0 Å². The second-order valence-electron chi connectivity index (χ2n) is 6.26. The molecule has 3 nitrogen and oxygen atoms in total. The average Bonchev–Trinajstić information content (AvgIpc) is 2.45. The number of rotatable bonds is 16. The average molecular weight is 343 g/mol. The number of hydrogen-bond donors (Lipinski definition) is 2. The Hall–Kier alpha value is 0.690. The molecule has 22 heavy (non-hydrogen) atoms. The molecule has 1 unspecified atom stereocenters. The van der Waals surface area contributed by atoms with Gasteiger partial charge >= 0.3 is 43.7 Å². The van der Waals surface area contributed by atoms with Crippen LogP contribution < -0.4 is 0 Å². The predicted molar refractivity (Wildman–Crippen MR) is 97.1 cm³/mol. The van der Waals surface area contributed by atoms with Crippen LogP contribution in [0.3, 0.4) is 0 Å². The van der Waals surface area contributed by atoms with E-state index in [-0.39, 0.29) is 43.8 Å². The van der Waals surface area contributed by atoms with E-state index in [0.29, 0.717) is 6.42 Å². The first kappa shape index (κ1) is 24.9. The van der Waals surface area contributed by atoms with E-state index in [2.05, 4.69) is 6.92 Å². The SMILES string of the molecule is CCCCCCC(O)CCCCCCCCCCC(=O)O.[CaH2]. The summed E-state index contributed by atoms with van der Waals surface area (Å²) in [5.74, 6) is -0.678. The Bertz CT molecular complexity index is 234. The van der Waals surface area contributed by atoms with E-state index >= 15 is 0 Å². The van der Waals surface area contributed by atoms with Gasteiger partial charge < -0.3 is 10.2 Å². The van der Waals surface area contributed by atoms with Crippen LogP contribution in [-0.2, 0) is 4.79 Å². The molecule has 0 bridgehead atoms. The Kier molecular flexibility index (Phi) is 22.4. The summed E-state index contributed by atoms with van der Waals surface area (Å²) in [5, 5.41) is 18.4. The summed E-state index contributed by atoms with van der Waals surface area (Å²) in [6.07, 6.45) is 16.3. The number of carboxylic acids is 1. The van der Waals surface area contributed by atoms with Gasteiger partial charge in [0.1, 0.15) is 0 Å². The van der Waals surface area contributed by atoms with Crippen LogP contribution in [0.4, 0.5) is 0 Å². The molecule has 130 valence electrons. The number of hydrogen-bond acceptors (Lipinski definition) is 2. The summed E-state index contributed by atoms with van der Waals surface area (Å²) in [6, 6.07) is 0. The molecule has 0 aliphatic heterocycles. The molecule has 0 fully saturated rings. The first-order chi connectivity index (χ1) is 10.2. The van der Waals surface area contributed by atoms with E-state index in [4.69, 9.17) is 5.11 Å². The normalized spacial score (nSPS) is 11.9. The van der Waals surface area contributed by atoms with Gasteiger partial charge in [0.25, 0.3) is 0 Å². The third-order valence-electron chi connectivity index (χ3n) is 4.07. The number of aliphatic hydroxyl groups is 1. The van der Waals surface area contributed by atoms with Crippen LogP contribution in [0.5, 0.6) is 0 Å². The molecule has 0 aromatic heterocycles. The summed E-state index contributed by atoms with van der Waals surface area (Å²) >= 11 is 0. The molecule has 0 rings (SSSR count). The van der Waals surface area contributed by atoms with Crippen LogP contribution in [0.2, 0.25) is 0 Å². The fraction of sp³-hybridized carbons (Fsp3) is 0.944. The van der Waals surface area contributed by atoms with Crippen molar-refractivity contribution in [2.24, 2.45) is 0 Å². The number of carboxylic acid groups (broad SMARTS) is 1. The Morgan fingerprint density at radius 3 is 1.64 bits per heavy atom. The minimum atomic E-state index is -0.678. The van der Waals surface area contributed by atoms with Crippen LogP contribution in [-0.4, -0.2) is 60.0 Å². The van der Waals surface area contributed by atoms with Gasteiger partial charge in [-0.3, -0.25) is 4.79 Å². The van der Waals surface area contributed by atoms with Crippen LogP contribution in [0, 0.1) is 0 Å². The first-order valence-corrected chi connectivity index (χ1v) is 9.06. The van der Waals surface area contributed by atoms with Crippen LogP contribution in [0.25, 0.3) is 0 Å². The zero-order valence-corrected chi connectivity index (χ0v) is 14.0. The summed E-state index contributed by atoms with van der Waals surface area (Å²) in [7, 11) is 0. The van der Waals surface area contributed by atoms with E-state index in [0.717, 1.165) is 38.5 Å². The van der Waals surface area contributed by atoms with E-state index < -0.39 is 5.97 Å². The monoisotopic (exact) mass is 342 g/mol. The van der Waals surface area contributed by atoms with Gasteiger partial charge in [-0.15, -0.1) is 0 Å². The summed E-state index contributed by atoms with van der Waals surface area (Å²) in [6.45, 7) is 2.21. The molecule has 0 saturated carbocycles. The molecule has 0 amide bonds. The third-order valence-corrected chi connectivity index (χ3v) is 4.07. The van der Waals surface area contributed by atoms with Crippen molar-refractivity contribution in [1.82, 2.24) is 0 Å². The molecule has 1 atom stereocenters. The van der Waals surface area contributed by atoms with E-state index in [1.807, 2.05) is 0 Å². The van der Waals surface area contributed by atoms with Gasteiger partial charge in [-0.2, -0.15) is 0 Å². The zero-order chi connectivity index (χ0) is 15.8. The molecule has 4 heteroatoms. The van der Waals surface area contributed by atoms with Crippen molar-refractivity contribution in [1.29, 1.82) is 0 Å². The molecule has 0 aromatic rings.